The van der Waals surface area contributed by atoms with Gasteiger partial charge >= 0.3 is 29.6 Å². The first-order valence-electron chi connectivity index (χ1n) is 4.99. The van der Waals surface area contributed by atoms with Crippen LogP contribution in [0.5, 0.6) is 5.75 Å². The molecule has 0 atom stereocenters. The molecular weight excluding hydrogens is 333 g/mol. The standard InChI is InChI=1S/C10H9NO7S2.Na/c11-6-2-4-7(19(13,14)15)5-1-3-8(20(16,17)18)10(12)9(5)6;/h1-4,12H,11H2,(H,13,14,15)(H,16,17,18);/q;+1/p-2. The molecule has 0 aromatic heterocycles. The van der Waals surface area contributed by atoms with Gasteiger partial charge in [-0.15, -0.1) is 0 Å². The summed E-state index contributed by atoms with van der Waals surface area (Å²) in [5.41, 5.74) is 5.36. The van der Waals surface area contributed by atoms with Crippen molar-refractivity contribution in [1.82, 2.24) is 0 Å². The molecular formula is C10H7NNaO7S2-. The van der Waals surface area contributed by atoms with E-state index < -0.39 is 35.8 Å². The number of hydrogen-bond acceptors (Lipinski definition) is 8. The Bertz CT molecular complexity index is 922. The van der Waals surface area contributed by atoms with Gasteiger partial charge in [0.1, 0.15) is 26.0 Å². The van der Waals surface area contributed by atoms with Crippen molar-refractivity contribution in [3.8, 4) is 5.75 Å². The summed E-state index contributed by atoms with van der Waals surface area (Å²) in [5.74, 6) is -0.986. The second-order valence-electron chi connectivity index (χ2n) is 3.90. The number of benzene rings is 2. The van der Waals surface area contributed by atoms with Gasteiger partial charge in [0.2, 0.25) is 0 Å². The smallest absolute Gasteiger partial charge is 0.744 e. The minimum Gasteiger partial charge on any atom is -0.744 e. The van der Waals surface area contributed by atoms with Gasteiger partial charge in [-0.05, 0) is 18.2 Å². The van der Waals surface area contributed by atoms with E-state index in [0.29, 0.717) is 6.07 Å². The van der Waals surface area contributed by atoms with Gasteiger partial charge < -0.3 is 19.9 Å². The quantitative estimate of drug-likeness (QED) is 0.331. The summed E-state index contributed by atoms with van der Waals surface area (Å²) in [4.78, 5) is -1.62. The zero-order valence-corrected chi connectivity index (χ0v) is 14.2. The number of phenols is 1. The minimum absolute atomic E-state index is 0. The summed E-state index contributed by atoms with van der Waals surface area (Å²) in [6, 6.07) is 3.61. The SMILES string of the molecule is Nc1ccc(S(=O)(=O)[O-])c2ccc(S(=O)(=O)[O-])c(O)c12.[Na+]. The third-order valence-corrected chi connectivity index (χ3v) is 4.41. The summed E-state index contributed by atoms with van der Waals surface area (Å²) in [6.45, 7) is 0. The predicted octanol–water partition coefficient (Wildman–Crippen LogP) is -3.06. The van der Waals surface area contributed by atoms with E-state index in [-0.39, 0.29) is 46.0 Å². The average molecular weight is 340 g/mol. The van der Waals surface area contributed by atoms with Gasteiger partial charge in [-0.2, -0.15) is 0 Å². The van der Waals surface area contributed by atoms with Crippen LogP contribution in [0, 0.1) is 0 Å². The van der Waals surface area contributed by atoms with E-state index in [0.717, 1.165) is 18.2 Å². The van der Waals surface area contributed by atoms with Gasteiger partial charge in [0, 0.05) is 16.5 Å². The Morgan fingerprint density at radius 2 is 1.38 bits per heavy atom. The molecule has 0 aliphatic rings. The Balaban J connectivity index is 0.00000220. The molecule has 108 valence electrons. The van der Waals surface area contributed by atoms with E-state index >= 15 is 0 Å². The summed E-state index contributed by atoms with van der Waals surface area (Å²) in [5, 5.41) is 9.16. The fraction of sp³-hybridized carbons (Fsp3) is 0. The molecule has 0 radical (unpaired) electrons. The van der Waals surface area contributed by atoms with Gasteiger partial charge in [-0.1, -0.05) is 6.07 Å². The zero-order valence-electron chi connectivity index (χ0n) is 10.6. The van der Waals surface area contributed by atoms with Gasteiger partial charge in [0.15, 0.2) is 0 Å². The molecule has 2 rings (SSSR count). The summed E-state index contributed by atoms with van der Waals surface area (Å²) >= 11 is 0. The van der Waals surface area contributed by atoms with Crippen LogP contribution in [0.3, 0.4) is 0 Å². The number of anilines is 1. The first-order valence-corrected chi connectivity index (χ1v) is 7.81. The Morgan fingerprint density at radius 1 is 0.905 bits per heavy atom. The minimum atomic E-state index is -4.97. The van der Waals surface area contributed by atoms with E-state index in [9.17, 15) is 31.0 Å². The number of fused-ring (bicyclic) bond motifs is 1. The normalized spacial score (nSPS) is 12.1. The van der Waals surface area contributed by atoms with E-state index in [1.807, 2.05) is 0 Å². The molecule has 0 saturated heterocycles. The number of hydrogen-bond donors (Lipinski definition) is 2. The van der Waals surface area contributed by atoms with E-state index in [2.05, 4.69) is 0 Å². The molecule has 0 unspecified atom stereocenters. The summed E-state index contributed by atoms with van der Waals surface area (Å²) in [7, 11) is -9.83. The summed E-state index contributed by atoms with van der Waals surface area (Å²) in [6.07, 6.45) is 0. The molecule has 0 spiro atoms. The Labute approximate surface area is 142 Å². The first kappa shape index (κ1) is 18.2. The molecule has 0 aliphatic heterocycles. The maximum absolute atomic E-state index is 11.1. The molecule has 8 nitrogen and oxygen atoms in total. The third-order valence-electron chi connectivity index (χ3n) is 2.65. The van der Waals surface area contributed by atoms with Crippen molar-refractivity contribution in [3.05, 3.63) is 24.3 Å². The van der Waals surface area contributed by atoms with Gasteiger partial charge in [0.05, 0.1) is 9.79 Å². The molecule has 11 heteroatoms. The van der Waals surface area contributed by atoms with Crippen molar-refractivity contribution in [1.29, 1.82) is 0 Å². The maximum atomic E-state index is 11.1. The van der Waals surface area contributed by atoms with Crippen molar-refractivity contribution < 1.29 is 60.6 Å². The molecule has 2 aromatic rings. The van der Waals surface area contributed by atoms with E-state index in [4.69, 9.17) is 5.73 Å². The Morgan fingerprint density at radius 3 is 1.86 bits per heavy atom. The van der Waals surface area contributed by atoms with Crippen LogP contribution in [-0.4, -0.2) is 31.0 Å². The van der Waals surface area contributed by atoms with Crippen molar-refractivity contribution >= 4 is 36.7 Å². The summed E-state index contributed by atoms with van der Waals surface area (Å²) < 4.78 is 66.1. The zero-order chi connectivity index (χ0) is 15.3. The number of nitrogens with two attached hydrogens (primary N) is 1. The molecule has 0 saturated carbocycles. The second-order valence-corrected chi connectivity index (χ2v) is 6.59. The van der Waals surface area contributed by atoms with Gasteiger partial charge in [-0.25, -0.2) is 16.8 Å². The molecule has 0 fully saturated rings. The average Bonchev–Trinajstić information content (AvgIpc) is 2.25. The Hall–Kier alpha value is -0.880. The molecule has 0 bridgehead atoms. The van der Waals surface area contributed by atoms with Crippen LogP contribution >= 0.6 is 0 Å². The van der Waals surface area contributed by atoms with Crippen LogP contribution in [-0.2, 0) is 20.2 Å². The van der Waals surface area contributed by atoms with Crippen LogP contribution in [0.4, 0.5) is 5.69 Å². The van der Waals surface area contributed by atoms with Crippen LogP contribution in [0.15, 0.2) is 34.1 Å². The van der Waals surface area contributed by atoms with Crippen molar-refractivity contribution in [3.63, 3.8) is 0 Å². The van der Waals surface area contributed by atoms with Crippen LogP contribution in [0.1, 0.15) is 0 Å². The first-order chi connectivity index (χ1) is 9.03. The topological polar surface area (TPSA) is 161 Å². The molecule has 21 heavy (non-hydrogen) atoms. The van der Waals surface area contributed by atoms with Crippen molar-refractivity contribution in [2.24, 2.45) is 0 Å². The molecule has 0 aliphatic carbocycles. The number of nitrogen functional groups attached to an aromatic ring is 1. The van der Waals surface area contributed by atoms with Crippen molar-refractivity contribution in [2.75, 3.05) is 5.73 Å². The predicted molar refractivity (Wildman–Crippen MR) is 66.0 cm³/mol. The second kappa shape index (κ2) is 5.72. The largest absolute Gasteiger partial charge is 1.00 e. The number of aromatic hydroxyl groups is 1. The number of phenolic OH excluding ortho intramolecular Hbond substituents is 1. The fourth-order valence-electron chi connectivity index (χ4n) is 1.83. The van der Waals surface area contributed by atoms with Crippen molar-refractivity contribution in [2.45, 2.75) is 9.79 Å². The van der Waals surface area contributed by atoms with Crippen LogP contribution < -0.4 is 35.3 Å². The third kappa shape index (κ3) is 3.31. The molecule has 3 N–H and O–H groups in total. The van der Waals surface area contributed by atoms with Crippen LogP contribution in [0.25, 0.3) is 10.8 Å². The van der Waals surface area contributed by atoms with Crippen LogP contribution in [0.2, 0.25) is 0 Å². The molecule has 0 heterocycles. The fourth-order valence-corrected chi connectivity index (χ4v) is 3.08. The molecule has 0 amide bonds. The van der Waals surface area contributed by atoms with Gasteiger partial charge in [0.25, 0.3) is 0 Å². The van der Waals surface area contributed by atoms with E-state index in [1.165, 1.54) is 0 Å². The van der Waals surface area contributed by atoms with Gasteiger partial charge in [-0.3, -0.25) is 0 Å². The Kier molecular flexibility index (Phi) is 4.95. The maximum Gasteiger partial charge on any atom is 1.00 e. The molecule has 2 aromatic carbocycles. The number of rotatable bonds is 2. The van der Waals surface area contributed by atoms with E-state index in [1.54, 1.807) is 0 Å². The monoisotopic (exact) mass is 340 g/mol.